The standard InChI is InChI=1S/C11H17BrN2/c1-3-14-9-11(8-13-14)7-10(2)5-4-6-12/h5,8-9H,3-4,6-7H2,1-2H3. The Hall–Kier alpha value is -0.570. The summed E-state index contributed by atoms with van der Waals surface area (Å²) in [5.41, 5.74) is 2.72. The lowest BCUT2D eigenvalue weighted by atomic mass is 10.1. The zero-order chi connectivity index (χ0) is 10.4. The first-order valence-electron chi connectivity index (χ1n) is 4.99. The summed E-state index contributed by atoms with van der Waals surface area (Å²) in [5, 5.41) is 5.29. The fourth-order valence-electron chi connectivity index (χ4n) is 1.37. The van der Waals surface area contributed by atoms with Gasteiger partial charge in [0.25, 0.3) is 0 Å². The Morgan fingerprint density at radius 3 is 3.00 bits per heavy atom. The Labute approximate surface area is 94.1 Å². The van der Waals surface area contributed by atoms with Crippen LogP contribution in [0.25, 0.3) is 0 Å². The van der Waals surface area contributed by atoms with E-state index in [0.29, 0.717) is 0 Å². The summed E-state index contributed by atoms with van der Waals surface area (Å²) in [5.74, 6) is 0. The van der Waals surface area contributed by atoms with Gasteiger partial charge in [-0.3, -0.25) is 4.68 Å². The molecule has 0 fully saturated rings. The van der Waals surface area contributed by atoms with E-state index in [4.69, 9.17) is 0 Å². The maximum atomic E-state index is 4.25. The number of rotatable bonds is 5. The quantitative estimate of drug-likeness (QED) is 0.585. The maximum Gasteiger partial charge on any atom is 0.0525 e. The van der Waals surface area contributed by atoms with Gasteiger partial charge in [-0.15, -0.1) is 0 Å². The number of alkyl halides is 1. The number of halogens is 1. The summed E-state index contributed by atoms with van der Waals surface area (Å²) >= 11 is 3.42. The first kappa shape index (κ1) is 11.5. The van der Waals surface area contributed by atoms with Gasteiger partial charge in [-0.05, 0) is 32.3 Å². The highest BCUT2D eigenvalue weighted by Crippen LogP contribution is 2.07. The average Bonchev–Trinajstić information content (AvgIpc) is 2.62. The molecule has 1 aromatic heterocycles. The highest BCUT2D eigenvalue weighted by molar-refractivity contribution is 9.09. The van der Waals surface area contributed by atoms with Gasteiger partial charge in [-0.2, -0.15) is 5.10 Å². The molecule has 0 aliphatic carbocycles. The second-order valence-corrected chi connectivity index (χ2v) is 4.20. The molecule has 0 aliphatic heterocycles. The van der Waals surface area contributed by atoms with Gasteiger partial charge in [0.15, 0.2) is 0 Å². The first-order valence-corrected chi connectivity index (χ1v) is 6.11. The lowest BCUT2D eigenvalue weighted by Crippen LogP contribution is -1.92. The van der Waals surface area contributed by atoms with Gasteiger partial charge in [-0.1, -0.05) is 27.6 Å². The van der Waals surface area contributed by atoms with Crippen LogP contribution < -0.4 is 0 Å². The zero-order valence-corrected chi connectivity index (χ0v) is 10.4. The van der Waals surface area contributed by atoms with E-state index in [2.05, 4.69) is 47.1 Å². The van der Waals surface area contributed by atoms with Crippen LogP contribution in [0.2, 0.25) is 0 Å². The minimum absolute atomic E-state index is 0.949. The predicted molar refractivity (Wildman–Crippen MR) is 63.8 cm³/mol. The van der Waals surface area contributed by atoms with Gasteiger partial charge >= 0.3 is 0 Å². The molecule has 0 radical (unpaired) electrons. The summed E-state index contributed by atoms with van der Waals surface area (Å²) in [6, 6.07) is 0. The van der Waals surface area contributed by atoms with Crippen molar-refractivity contribution in [3.63, 3.8) is 0 Å². The third kappa shape index (κ3) is 3.66. The van der Waals surface area contributed by atoms with Crippen molar-refractivity contribution in [1.29, 1.82) is 0 Å². The van der Waals surface area contributed by atoms with E-state index in [1.54, 1.807) is 0 Å². The Morgan fingerprint density at radius 1 is 1.64 bits per heavy atom. The average molecular weight is 257 g/mol. The monoisotopic (exact) mass is 256 g/mol. The van der Waals surface area contributed by atoms with E-state index in [1.165, 1.54) is 11.1 Å². The van der Waals surface area contributed by atoms with E-state index in [-0.39, 0.29) is 0 Å². The molecule has 2 nitrogen and oxygen atoms in total. The Kier molecular flexibility index (Phi) is 4.94. The van der Waals surface area contributed by atoms with Crippen molar-refractivity contribution in [2.24, 2.45) is 0 Å². The van der Waals surface area contributed by atoms with Gasteiger partial charge in [0.05, 0.1) is 6.20 Å². The topological polar surface area (TPSA) is 17.8 Å². The molecule has 1 aromatic rings. The Morgan fingerprint density at radius 2 is 2.43 bits per heavy atom. The fourth-order valence-corrected chi connectivity index (χ4v) is 1.59. The second-order valence-electron chi connectivity index (χ2n) is 3.41. The van der Waals surface area contributed by atoms with Gasteiger partial charge < -0.3 is 0 Å². The SMILES string of the molecule is CCn1cc(CC(C)=CCCBr)cn1. The number of nitrogens with zero attached hydrogens (tertiary/aromatic N) is 2. The van der Waals surface area contributed by atoms with Gasteiger partial charge in [-0.25, -0.2) is 0 Å². The molecule has 78 valence electrons. The molecule has 0 amide bonds. The number of aromatic nitrogens is 2. The number of hydrogen-bond acceptors (Lipinski definition) is 1. The third-order valence-corrected chi connectivity index (χ3v) is 2.55. The van der Waals surface area contributed by atoms with Gasteiger partial charge in [0.2, 0.25) is 0 Å². The molecule has 1 heterocycles. The van der Waals surface area contributed by atoms with E-state index in [9.17, 15) is 0 Å². The molecular formula is C11H17BrN2. The molecule has 3 heteroatoms. The highest BCUT2D eigenvalue weighted by Gasteiger charge is 1.97. The molecule has 0 aliphatic rings. The van der Waals surface area contributed by atoms with E-state index in [1.807, 2.05) is 10.9 Å². The van der Waals surface area contributed by atoms with Crippen LogP contribution in [-0.4, -0.2) is 15.1 Å². The molecule has 0 spiro atoms. The molecule has 0 saturated heterocycles. The molecule has 0 saturated carbocycles. The molecule has 14 heavy (non-hydrogen) atoms. The van der Waals surface area contributed by atoms with Crippen LogP contribution in [0.15, 0.2) is 24.0 Å². The Bertz CT molecular complexity index is 302. The van der Waals surface area contributed by atoms with Crippen LogP contribution in [-0.2, 0) is 13.0 Å². The van der Waals surface area contributed by atoms with E-state index in [0.717, 1.165) is 24.7 Å². The summed E-state index contributed by atoms with van der Waals surface area (Å²) in [4.78, 5) is 0. The van der Waals surface area contributed by atoms with Gasteiger partial charge in [0, 0.05) is 18.1 Å². The van der Waals surface area contributed by atoms with Crippen LogP contribution >= 0.6 is 15.9 Å². The van der Waals surface area contributed by atoms with Crippen LogP contribution in [0.3, 0.4) is 0 Å². The zero-order valence-electron chi connectivity index (χ0n) is 8.83. The van der Waals surface area contributed by atoms with Crippen molar-refractivity contribution < 1.29 is 0 Å². The van der Waals surface area contributed by atoms with Crippen LogP contribution in [0.5, 0.6) is 0 Å². The lowest BCUT2D eigenvalue weighted by Gasteiger charge is -1.97. The normalized spacial score (nSPS) is 12.1. The van der Waals surface area contributed by atoms with Crippen molar-refractivity contribution in [1.82, 2.24) is 9.78 Å². The molecule has 0 bridgehead atoms. The lowest BCUT2D eigenvalue weighted by molar-refractivity contribution is 0.659. The number of allylic oxidation sites excluding steroid dienone is 2. The van der Waals surface area contributed by atoms with Crippen LogP contribution in [0.4, 0.5) is 0 Å². The van der Waals surface area contributed by atoms with E-state index >= 15 is 0 Å². The van der Waals surface area contributed by atoms with Crippen molar-refractivity contribution in [2.75, 3.05) is 5.33 Å². The van der Waals surface area contributed by atoms with Crippen molar-refractivity contribution in [2.45, 2.75) is 33.2 Å². The fraction of sp³-hybridized carbons (Fsp3) is 0.545. The smallest absolute Gasteiger partial charge is 0.0525 e. The summed E-state index contributed by atoms with van der Waals surface area (Å²) in [6.07, 6.45) is 8.47. The highest BCUT2D eigenvalue weighted by atomic mass is 79.9. The maximum absolute atomic E-state index is 4.25. The van der Waals surface area contributed by atoms with Crippen molar-refractivity contribution in [3.05, 3.63) is 29.6 Å². The minimum Gasteiger partial charge on any atom is -0.273 e. The first-order chi connectivity index (χ1) is 6.76. The van der Waals surface area contributed by atoms with Gasteiger partial charge in [0.1, 0.15) is 0 Å². The summed E-state index contributed by atoms with van der Waals surface area (Å²) in [6.45, 7) is 5.22. The predicted octanol–water partition coefficient (Wildman–Crippen LogP) is 3.18. The number of hydrogen-bond donors (Lipinski definition) is 0. The molecule has 0 aromatic carbocycles. The largest absolute Gasteiger partial charge is 0.273 e. The summed E-state index contributed by atoms with van der Waals surface area (Å²) < 4.78 is 1.97. The molecule has 0 unspecified atom stereocenters. The molecule has 0 N–H and O–H groups in total. The van der Waals surface area contributed by atoms with Crippen molar-refractivity contribution >= 4 is 15.9 Å². The van der Waals surface area contributed by atoms with Crippen molar-refractivity contribution in [3.8, 4) is 0 Å². The van der Waals surface area contributed by atoms with E-state index < -0.39 is 0 Å². The number of aryl methyl sites for hydroxylation is 1. The second kappa shape index (κ2) is 6.02. The summed E-state index contributed by atoms with van der Waals surface area (Å²) in [7, 11) is 0. The van der Waals surface area contributed by atoms with Crippen LogP contribution in [0.1, 0.15) is 25.8 Å². The minimum atomic E-state index is 0.949. The molecule has 1 rings (SSSR count). The van der Waals surface area contributed by atoms with Crippen LogP contribution in [0, 0.1) is 0 Å². The molecule has 0 atom stereocenters. The third-order valence-electron chi connectivity index (χ3n) is 2.10. The molecular weight excluding hydrogens is 240 g/mol. The Balaban J connectivity index is 2.51.